The second-order valence-electron chi connectivity index (χ2n) is 7.41. The highest BCUT2D eigenvalue weighted by molar-refractivity contribution is 7.89. The fourth-order valence-corrected chi connectivity index (χ4v) is 4.01. The molecule has 0 aromatic heterocycles. The molecule has 4 N–H and O–H groups in total. The molecule has 1 atom stereocenters. The monoisotopic (exact) mass is 515 g/mol. The van der Waals surface area contributed by atoms with E-state index in [0.29, 0.717) is 0 Å². The lowest BCUT2D eigenvalue weighted by Gasteiger charge is -2.21. The minimum absolute atomic E-state index is 0.0663. The minimum atomic E-state index is -4.05. The van der Waals surface area contributed by atoms with E-state index in [-0.39, 0.29) is 38.9 Å². The Labute approximate surface area is 201 Å². The average Bonchev–Trinajstić information content (AvgIpc) is 2.72. The number of primary sulfonamides is 1. The maximum Gasteiger partial charge on any atom is 0.329 e. The Kier molecular flexibility index (Phi) is 9.24. The molecule has 2 amide bonds. The summed E-state index contributed by atoms with van der Waals surface area (Å²) in [6.45, 7) is 2.77. The summed E-state index contributed by atoms with van der Waals surface area (Å²) in [7, 11) is -4.05. The van der Waals surface area contributed by atoms with Gasteiger partial charge in [0.05, 0.1) is 27.0 Å². The van der Waals surface area contributed by atoms with E-state index in [1.807, 2.05) is 6.07 Å². The van der Waals surface area contributed by atoms with Crippen LogP contribution in [0.25, 0.3) is 0 Å². The highest BCUT2D eigenvalue weighted by Crippen LogP contribution is 2.33. The number of amides is 2. The first-order valence-corrected chi connectivity index (χ1v) is 12.0. The number of carbonyl (C=O) groups is 3. The molecular formula is C21H23Cl2N3O6S. The third-order valence-electron chi connectivity index (χ3n) is 4.40. The number of carbonyl (C=O) groups excluding carboxylic acids is 3. The van der Waals surface area contributed by atoms with E-state index in [1.54, 1.807) is 38.1 Å². The predicted molar refractivity (Wildman–Crippen MR) is 124 cm³/mol. The predicted octanol–water partition coefficient (Wildman–Crippen LogP) is 2.51. The van der Waals surface area contributed by atoms with Crippen molar-refractivity contribution in [3.63, 3.8) is 0 Å². The first-order chi connectivity index (χ1) is 15.4. The van der Waals surface area contributed by atoms with E-state index in [4.69, 9.17) is 33.1 Å². The van der Waals surface area contributed by atoms with Crippen molar-refractivity contribution < 1.29 is 27.5 Å². The zero-order valence-electron chi connectivity index (χ0n) is 17.8. The van der Waals surface area contributed by atoms with Gasteiger partial charge in [-0.25, -0.2) is 18.4 Å². The molecule has 0 aliphatic heterocycles. The van der Waals surface area contributed by atoms with E-state index in [9.17, 15) is 22.8 Å². The summed E-state index contributed by atoms with van der Waals surface area (Å²) >= 11 is 12.0. The Morgan fingerprint density at radius 1 is 1.03 bits per heavy atom. The third-order valence-corrected chi connectivity index (χ3v) is 5.89. The Hall–Kier alpha value is -2.66. The number of sulfonamides is 1. The zero-order valence-corrected chi connectivity index (χ0v) is 20.1. The van der Waals surface area contributed by atoms with Gasteiger partial charge in [0, 0.05) is 0 Å². The zero-order chi connectivity index (χ0) is 24.8. The van der Waals surface area contributed by atoms with Crippen molar-refractivity contribution >= 4 is 56.7 Å². The van der Waals surface area contributed by atoms with Gasteiger partial charge in [-0.2, -0.15) is 0 Å². The number of rotatable bonds is 9. The van der Waals surface area contributed by atoms with Gasteiger partial charge >= 0.3 is 5.97 Å². The Bertz CT molecular complexity index is 1120. The molecule has 12 heteroatoms. The number of esters is 1. The van der Waals surface area contributed by atoms with Crippen LogP contribution >= 0.6 is 23.2 Å². The molecule has 0 spiro atoms. The van der Waals surface area contributed by atoms with E-state index in [2.05, 4.69) is 10.6 Å². The molecule has 0 aliphatic rings. The summed E-state index contributed by atoms with van der Waals surface area (Å²) in [5.74, 6) is -2.22. The van der Waals surface area contributed by atoms with Crippen LogP contribution in [0.5, 0.6) is 0 Å². The lowest BCUT2D eigenvalue weighted by Crippen LogP contribution is -2.46. The topological polar surface area (TPSA) is 145 Å². The maximum atomic E-state index is 12.5. The molecule has 33 heavy (non-hydrogen) atoms. The van der Waals surface area contributed by atoms with Crippen molar-refractivity contribution in [3.8, 4) is 0 Å². The summed E-state index contributed by atoms with van der Waals surface area (Å²) < 4.78 is 27.9. The quantitative estimate of drug-likeness (QED) is 0.437. The molecule has 0 bridgehead atoms. The number of nitrogens with two attached hydrogens (primary N) is 1. The highest BCUT2D eigenvalue weighted by Gasteiger charge is 2.26. The van der Waals surface area contributed by atoms with Crippen LogP contribution in [0.1, 0.15) is 19.4 Å². The fourth-order valence-electron chi connectivity index (χ4n) is 2.74. The summed E-state index contributed by atoms with van der Waals surface area (Å²) in [6, 6.07) is 10.1. The van der Waals surface area contributed by atoms with Gasteiger partial charge in [-0.15, -0.1) is 0 Å². The second-order valence-corrected chi connectivity index (χ2v) is 9.79. The fraction of sp³-hybridized carbons (Fsp3) is 0.286. The van der Waals surface area contributed by atoms with Crippen LogP contribution in [0.3, 0.4) is 0 Å². The largest absolute Gasteiger partial charge is 0.454 e. The molecule has 0 fully saturated rings. The molecule has 0 unspecified atom stereocenters. The van der Waals surface area contributed by atoms with Crippen molar-refractivity contribution in [2.75, 3.05) is 11.9 Å². The van der Waals surface area contributed by atoms with Gasteiger partial charge in [0.15, 0.2) is 6.61 Å². The average molecular weight is 516 g/mol. The van der Waals surface area contributed by atoms with Crippen LogP contribution in [0.4, 0.5) is 5.69 Å². The van der Waals surface area contributed by atoms with E-state index >= 15 is 0 Å². The standard InChI is InChI=1S/C21H23Cl2N3O6S/c1-12(2)19(25-17(27)8-13-6-4-3-5-7-13)21(29)32-11-18(28)26-20-15(22)9-14(10-16(20)23)33(24,30)31/h3-7,9-10,12,19H,8,11H2,1-2H3,(H,25,27)(H,26,28)(H2,24,30,31)/t19-/m0/s1. The van der Waals surface area contributed by atoms with Gasteiger partial charge in [-0.05, 0) is 23.6 Å². The Morgan fingerprint density at radius 3 is 2.12 bits per heavy atom. The molecular weight excluding hydrogens is 493 g/mol. The Morgan fingerprint density at radius 2 is 1.61 bits per heavy atom. The second kappa shape index (κ2) is 11.5. The molecule has 0 heterocycles. The van der Waals surface area contributed by atoms with Crippen molar-refractivity contribution in [3.05, 3.63) is 58.1 Å². The maximum absolute atomic E-state index is 12.5. The van der Waals surface area contributed by atoms with Crippen LogP contribution in [0, 0.1) is 5.92 Å². The smallest absolute Gasteiger partial charge is 0.329 e. The summed E-state index contributed by atoms with van der Waals surface area (Å²) in [4.78, 5) is 36.7. The number of hydrogen-bond acceptors (Lipinski definition) is 6. The highest BCUT2D eigenvalue weighted by atomic mass is 35.5. The number of nitrogens with one attached hydrogen (secondary N) is 2. The number of benzene rings is 2. The first kappa shape index (κ1) is 26.6. The molecule has 0 saturated heterocycles. The van der Waals surface area contributed by atoms with Crippen molar-refractivity contribution in [1.82, 2.24) is 5.32 Å². The van der Waals surface area contributed by atoms with Gasteiger partial charge in [0.1, 0.15) is 6.04 Å². The van der Waals surface area contributed by atoms with Crippen molar-refractivity contribution in [1.29, 1.82) is 0 Å². The van der Waals surface area contributed by atoms with E-state index in [0.717, 1.165) is 17.7 Å². The molecule has 2 rings (SSSR count). The lowest BCUT2D eigenvalue weighted by atomic mass is 10.0. The molecule has 2 aromatic rings. The van der Waals surface area contributed by atoms with Gasteiger partial charge in [-0.3, -0.25) is 9.59 Å². The third kappa shape index (κ3) is 8.01. The van der Waals surface area contributed by atoms with E-state index < -0.39 is 34.5 Å². The number of anilines is 1. The van der Waals surface area contributed by atoms with Gasteiger partial charge in [0.25, 0.3) is 5.91 Å². The van der Waals surface area contributed by atoms with Crippen LogP contribution in [0.2, 0.25) is 10.0 Å². The minimum Gasteiger partial charge on any atom is -0.454 e. The first-order valence-electron chi connectivity index (χ1n) is 9.70. The van der Waals surface area contributed by atoms with Crippen LogP contribution < -0.4 is 15.8 Å². The molecule has 0 aliphatic carbocycles. The van der Waals surface area contributed by atoms with Gasteiger partial charge in [0.2, 0.25) is 15.9 Å². The normalized spacial score (nSPS) is 12.2. The molecule has 0 radical (unpaired) electrons. The summed E-state index contributed by atoms with van der Waals surface area (Å²) in [5, 5.41) is 9.67. The SMILES string of the molecule is CC(C)[C@H](NC(=O)Cc1ccccc1)C(=O)OCC(=O)Nc1c(Cl)cc(S(N)(=O)=O)cc1Cl. The Balaban J connectivity index is 1.97. The van der Waals surface area contributed by atoms with Crippen molar-refractivity contribution in [2.24, 2.45) is 11.1 Å². The number of hydrogen-bond donors (Lipinski definition) is 3. The van der Waals surface area contributed by atoms with Gasteiger partial charge < -0.3 is 15.4 Å². The van der Waals surface area contributed by atoms with Crippen molar-refractivity contribution in [2.45, 2.75) is 31.2 Å². The molecule has 0 saturated carbocycles. The van der Waals surface area contributed by atoms with Crippen LogP contribution in [-0.4, -0.2) is 38.9 Å². The van der Waals surface area contributed by atoms with Gasteiger partial charge in [-0.1, -0.05) is 67.4 Å². The van der Waals surface area contributed by atoms with E-state index in [1.165, 1.54) is 0 Å². The van der Waals surface area contributed by atoms with Crippen LogP contribution in [-0.2, 0) is 35.6 Å². The number of halogens is 2. The molecule has 9 nitrogen and oxygen atoms in total. The summed E-state index contributed by atoms with van der Waals surface area (Å²) in [6.07, 6.45) is 0.0866. The van der Waals surface area contributed by atoms with Crippen LogP contribution in [0.15, 0.2) is 47.4 Å². The molecule has 178 valence electrons. The number of ether oxygens (including phenoxy) is 1. The molecule has 2 aromatic carbocycles. The lowest BCUT2D eigenvalue weighted by molar-refractivity contribution is -0.151. The summed E-state index contributed by atoms with van der Waals surface area (Å²) in [5.41, 5.74) is 0.718.